The first-order chi connectivity index (χ1) is 9.10. The van der Waals surface area contributed by atoms with E-state index < -0.39 is 0 Å². The van der Waals surface area contributed by atoms with Gasteiger partial charge in [-0.3, -0.25) is 4.79 Å². The molecule has 5 nitrogen and oxygen atoms in total. The summed E-state index contributed by atoms with van der Waals surface area (Å²) in [6, 6.07) is 7.07. The highest BCUT2D eigenvalue weighted by molar-refractivity contribution is 5.94. The molecule has 0 saturated heterocycles. The van der Waals surface area contributed by atoms with Crippen molar-refractivity contribution in [1.29, 1.82) is 0 Å². The predicted octanol–water partition coefficient (Wildman–Crippen LogP) is 2.37. The standard InChI is InChI=1S/C14H10O5/c1-18-8-5-10(16)13-12(6-8)19-11-4-7(15)2-3-9(11)14(13)17/h2-6,15-16H,1H3. The SMILES string of the molecule is COc1cc(O)c2c(=O)c3ccc(O)cc3oc2c1. The van der Waals surface area contributed by atoms with Gasteiger partial charge in [0.05, 0.1) is 12.5 Å². The Hall–Kier alpha value is -2.69. The fraction of sp³-hybridized carbons (Fsp3) is 0.0714. The topological polar surface area (TPSA) is 79.9 Å². The number of hydrogen-bond donors (Lipinski definition) is 2. The van der Waals surface area contributed by atoms with Crippen LogP contribution in [0, 0.1) is 0 Å². The van der Waals surface area contributed by atoms with E-state index in [2.05, 4.69) is 0 Å². The molecule has 0 radical (unpaired) electrons. The van der Waals surface area contributed by atoms with Crippen LogP contribution in [0.4, 0.5) is 0 Å². The van der Waals surface area contributed by atoms with Crippen molar-refractivity contribution >= 4 is 21.9 Å². The Morgan fingerprint density at radius 1 is 1.11 bits per heavy atom. The molecule has 0 spiro atoms. The largest absolute Gasteiger partial charge is 0.508 e. The van der Waals surface area contributed by atoms with Crippen LogP contribution in [0.5, 0.6) is 17.2 Å². The van der Waals surface area contributed by atoms with Crippen LogP contribution in [0.3, 0.4) is 0 Å². The maximum atomic E-state index is 12.3. The second-order valence-corrected chi connectivity index (χ2v) is 4.13. The van der Waals surface area contributed by atoms with Gasteiger partial charge in [0.25, 0.3) is 0 Å². The first kappa shape index (κ1) is 11.4. The maximum absolute atomic E-state index is 12.3. The zero-order valence-electron chi connectivity index (χ0n) is 10.0. The third-order valence-electron chi connectivity index (χ3n) is 2.95. The van der Waals surface area contributed by atoms with Crippen molar-refractivity contribution in [3.63, 3.8) is 0 Å². The average Bonchev–Trinajstić information content (AvgIpc) is 2.37. The van der Waals surface area contributed by atoms with Crippen LogP contribution in [0.2, 0.25) is 0 Å². The number of phenolic OH excluding ortho intramolecular Hbond substituents is 2. The molecule has 3 aromatic rings. The van der Waals surface area contributed by atoms with Crippen LogP contribution in [-0.2, 0) is 0 Å². The Bertz CT molecular complexity index is 848. The summed E-state index contributed by atoms with van der Waals surface area (Å²) in [4.78, 5) is 12.3. The molecule has 0 atom stereocenters. The third kappa shape index (κ3) is 1.67. The van der Waals surface area contributed by atoms with E-state index in [-0.39, 0.29) is 33.5 Å². The van der Waals surface area contributed by atoms with E-state index in [1.807, 2.05) is 0 Å². The molecule has 19 heavy (non-hydrogen) atoms. The van der Waals surface area contributed by atoms with E-state index in [0.717, 1.165) is 0 Å². The molecule has 0 amide bonds. The van der Waals surface area contributed by atoms with Crippen molar-refractivity contribution < 1.29 is 19.4 Å². The number of fused-ring (bicyclic) bond motifs is 2. The highest BCUT2D eigenvalue weighted by atomic mass is 16.5. The fourth-order valence-corrected chi connectivity index (χ4v) is 2.04. The number of aromatic hydroxyl groups is 2. The number of phenols is 2. The van der Waals surface area contributed by atoms with Crippen LogP contribution in [-0.4, -0.2) is 17.3 Å². The molecule has 0 aliphatic carbocycles. The summed E-state index contributed by atoms with van der Waals surface area (Å²) in [5, 5.41) is 19.7. The molecule has 1 heterocycles. The van der Waals surface area contributed by atoms with Gasteiger partial charge in [-0.1, -0.05) is 0 Å². The van der Waals surface area contributed by atoms with E-state index in [1.54, 1.807) is 0 Å². The molecule has 0 unspecified atom stereocenters. The van der Waals surface area contributed by atoms with Gasteiger partial charge in [0.1, 0.15) is 33.8 Å². The van der Waals surface area contributed by atoms with Gasteiger partial charge in [0, 0.05) is 18.2 Å². The van der Waals surface area contributed by atoms with E-state index in [1.165, 1.54) is 37.4 Å². The number of hydrogen-bond acceptors (Lipinski definition) is 5. The van der Waals surface area contributed by atoms with Gasteiger partial charge in [-0.15, -0.1) is 0 Å². The molecule has 0 aliphatic heterocycles. The van der Waals surface area contributed by atoms with Crippen LogP contribution in [0.1, 0.15) is 0 Å². The molecule has 2 aromatic carbocycles. The lowest BCUT2D eigenvalue weighted by atomic mass is 10.1. The first-order valence-corrected chi connectivity index (χ1v) is 5.56. The smallest absolute Gasteiger partial charge is 0.204 e. The molecule has 2 N–H and O–H groups in total. The molecule has 0 saturated carbocycles. The van der Waals surface area contributed by atoms with Crippen molar-refractivity contribution in [3.8, 4) is 17.2 Å². The number of methoxy groups -OCH3 is 1. The Morgan fingerprint density at radius 2 is 1.89 bits per heavy atom. The van der Waals surface area contributed by atoms with E-state index in [4.69, 9.17) is 9.15 Å². The average molecular weight is 258 g/mol. The molecule has 0 bridgehead atoms. The van der Waals surface area contributed by atoms with Crippen molar-refractivity contribution in [2.24, 2.45) is 0 Å². The zero-order valence-corrected chi connectivity index (χ0v) is 10.0. The normalized spacial score (nSPS) is 11.0. The minimum atomic E-state index is -0.351. The van der Waals surface area contributed by atoms with Crippen molar-refractivity contribution in [1.82, 2.24) is 0 Å². The summed E-state index contributed by atoms with van der Waals surface area (Å²) >= 11 is 0. The summed E-state index contributed by atoms with van der Waals surface area (Å²) in [6.07, 6.45) is 0. The molecular formula is C14H10O5. The number of rotatable bonds is 1. The molecule has 1 aromatic heterocycles. The Balaban J connectivity index is 2.53. The van der Waals surface area contributed by atoms with Gasteiger partial charge in [-0.25, -0.2) is 0 Å². The van der Waals surface area contributed by atoms with Gasteiger partial charge in [0.2, 0.25) is 5.43 Å². The van der Waals surface area contributed by atoms with Crippen molar-refractivity contribution in [2.45, 2.75) is 0 Å². The molecule has 5 heteroatoms. The second kappa shape index (κ2) is 3.91. The van der Waals surface area contributed by atoms with Crippen LogP contribution >= 0.6 is 0 Å². The van der Waals surface area contributed by atoms with Crippen LogP contribution in [0.15, 0.2) is 39.5 Å². The molecule has 3 rings (SSSR count). The Labute approximate surface area is 107 Å². The quantitative estimate of drug-likeness (QED) is 0.655. The number of benzene rings is 2. The van der Waals surface area contributed by atoms with Gasteiger partial charge in [-0.05, 0) is 12.1 Å². The minimum absolute atomic E-state index is 0.00196. The lowest BCUT2D eigenvalue weighted by molar-refractivity contribution is 0.408. The van der Waals surface area contributed by atoms with Crippen molar-refractivity contribution in [3.05, 3.63) is 40.6 Å². The maximum Gasteiger partial charge on any atom is 0.204 e. The second-order valence-electron chi connectivity index (χ2n) is 4.13. The minimum Gasteiger partial charge on any atom is -0.508 e. The molecular weight excluding hydrogens is 248 g/mol. The van der Waals surface area contributed by atoms with Crippen LogP contribution in [0.25, 0.3) is 21.9 Å². The summed E-state index contributed by atoms with van der Waals surface area (Å²) in [6.45, 7) is 0. The van der Waals surface area contributed by atoms with Gasteiger partial charge in [-0.2, -0.15) is 0 Å². The molecule has 0 fully saturated rings. The zero-order chi connectivity index (χ0) is 13.6. The highest BCUT2D eigenvalue weighted by Gasteiger charge is 2.13. The van der Waals surface area contributed by atoms with E-state index in [9.17, 15) is 15.0 Å². The summed E-state index contributed by atoms with van der Waals surface area (Å²) in [5.74, 6) is 0.188. The first-order valence-electron chi connectivity index (χ1n) is 5.56. The van der Waals surface area contributed by atoms with Gasteiger partial charge < -0.3 is 19.4 Å². The van der Waals surface area contributed by atoms with E-state index >= 15 is 0 Å². The fourth-order valence-electron chi connectivity index (χ4n) is 2.04. The predicted molar refractivity (Wildman–Crippen MR) is 69.9 cm³/mol. The van der Waals surface area contributed by atoms with Gasteiger partial charge >= 0.3 is 0 Å². The lowest BCUT2D eigenvalue weighted by Crippen LogP contribution is -2.02. The molecule has 96 valence electrons. The third-order valence-corrected chi connectivity index (χ3v) is 2.95. The highest BCUT2D eigenvalue weighted by Crippen LogP contribution is 2.31. The lowest BCUT2D eigenvalue weighted by Gasteiger charge is -2.06. The van der Waals surface area contributed by atoms with Crippen LogP contribution < -0.4 is 10.2 Å². The molecule has 0 aliphatic rings. The Morgan fingerprint density at radius 3 is 2.63 bits per heavy atom. The summed E-state index contributed by atoms with van der Waals surface area (Å²) < 4.78 is 10.5. The monoisotopic (exact) mass is 258 g/mol. The van der Waals surface area contributed by atoms with Crippen molar-refractivity contribution in [2.75, 3.05) is 7.11 Å². The number of ether oxygens (including phenoxy) is 1. The van der Waals surface area contributed by atoms with Gasteiger partial charge in [0.15, 0.2) is 0 Å². The summed E-state index contributed by atoms with van der Waals surface area (Å²) in [7, 11) is 1.45. The van der Waals surface area contributed by atoms with E-state index in [0.29, 0.717) is 11.1 Å². The Kier molecular flexibility index (Phi) is 2.35. The summed E-state index contributed by atoms with van der Waals surface area (Å²) in [5.41, 5.74) is 0.113.